The van der Waals surface area contributed by atoms with Gasteiger partial charge in [-0.3, -0.25) is 0 Å². The highest BCUT2D eigenvalue weighted by molar-refractivity contribution is 9.10. The molecule has 0 bridgehead atoms. The molecule has 3 aromatic carbocycles. The van der Waals surface area contributed by atoms with E-state index in [9.17, 15) is 26.3 Å². The summed E-state index contributed by atoms with van der Waals surface area (Å²) in [5.74, 6) is -1.67. The molecule has 0 radical (unpaired) electrons. The molecule has 2 fully saturated rings. The molecule has 0 saturated carbocycles. The summed E-state index contributed by atoms with van der Waals surface area (Å²) in [5.41, 5.74) is -1.25. The van der Waals surface area contributed by atoms with E-state index in [2.05, 4.69) is 15.9 Å². The van der Waals surface area contributed by atoms with Crippen LogP contribution in [-0.2, 0) is 24.8 Å². The van der Waals surface area contributed by atoms with Crippen LogP contribution in [0, 0.1) is 31.3 Å². The van der Waals surface area contributed by atoms with E-state index in [-0.39, 0.29) is 39.3 Å². The van der Waals surface area contributed by atoms with Crippen molar-refractivity contribution in [2.45, 2.75) is 97.8 Å². The molecule has 4 nitrogen and oxygen atoms in total. The van der Waals surface area contributed by atoms with Gasteiger partial charge < -0.3 is 18.6 Å². The van der Waals surface area contributed by atoms with E-state index in [4.69, 9.17) is 18.6 Å². The van der Waals surface area contributed by atoms with Gasteiger partial charge in [0.1, 0.15) is 17.5 Å². The van der Waals surface area contributed by atoms with Crippen LogP contribution in [0.4, 0.5) is 26.3 Å². The first-order valence-corrected chi connectivity index (χ1v) is 15.4. The lowest BCUT2D eigenvalue weighted by molar-refractivity contribution is -0.137. The van der Waals surface area contributed by atoms with E-state index in [1.165, 1.54) is 18.2 Å². The largest absolute Gasteiger partial charge is 0.488 e. The minimum atomic E-state index is -4.62. The topological polar surface area (TPSA) is 36.9 Å². The predicted molar refractivity (Wildman–Crippen MR) is 173 cm³/mol. The van der Waals surface area contributed by atoms with Gasteiger partial charge in [0.2, 0.25) is 0 Å². The summed E-state index contributed by atoms with van der Waals surface area (Å²) >= 11 is 3.21. The Kier molecular flexibility index (Phi) is 11.3. The van der Waals surface area contributed by atoms with Crippen LogP contribution in [0.2, 0.25) is 0 Å². The van der Waals surface area contributed by atoms with Gasteiger partial charge in [-0.25, -0.2) is 13.2 Å². The molecule has 46 heavy (non-hydrogen) atoms. The summed E-state index contributed by atoms with van der Waals surface area (Å²) in [6, 6.07) is 10.3. The van der Waals surface area contributed by atoms with E-state index < -0.39 is 37.4 Å². The molecule has 0 unspecified atom stereocenters. The zero-order valence-corrected chi connectivity index (χ0v) is 29.2. The molecule has 2 aliphatic heterocycles. The van der Waals surface area contributed by atoms with E-state index >= 15 is 0 Å². The molecule has 0 atom stereocenters. The van der Waals surface area contributed by atoms with Crippen LogP contribution in [-0.4, -0.2) is 36.4 Å². The van der Waals surface area contributed by atoms with E-state index in [0.29, 0.717) is 11.6 Å². The van der Waals surface area contributed by atoms with Crippen molar-refractivity contribution in [1.82, 2.24) is 0 Å². The van der Waals surface area contributed by atoms with Gasteiger partial charge in [-0.05, 0) is 134 Å². The van der Waals surface area contributed by atoms with Crippen LogP contribution in [0.5, 0.6) is 0 Å². The van der Waals surface area contributed by atoms with Crippen molar-refractivity contribution < 1.29 is 45.0 Å². The fourth-order valence-corrected chi connectivity index (χ4v) is 4.79. The van der Waals surface area contributed by atoms with Gasteiger partial charge >= 0.3 is 20.2 Å². The standard InChI is InChI=1S/C14H9F5.C12H24B2O4.C7H6BrF/c1-8-2-3-9(15)6-11(8)12-7-10(16)4-5-13(12)14(17,18)19;1-9(2)10(3,4)16-13(15-9)14-17-11(5,6)12(7,8)18-14;1-5-2-3-6(9)4-7(5)8/h2-7H,1H3;1-8H3;2-4H,1H3. The molecule has 2 aliphatic rings. The average Bonchev–Trinajstić information content (AvgIpc) is 3.27. The molecule has 0 aromatic heterocycles. The lowest BCUT2D eigenvalue weighted by atomic mass is 9.49. The summed E-state index contributed by atoms with van der Waals surface area (Å²) in [4.78, 5) is 0. The molecular formula is C33H39B2BrF6O4. The highest BCUT2D eigenvalue weighted by Gasteiger charge is 2.63. The number of hydrogen-bond donors (Lipinski definition) is 0. The summed E-state index contributed by atoms with van der Waals surface area (Å²) in [7, 11) is -0.952. The lowest BCUT2D eigenvalue weighted by Crippen LogP contribution is -2.41. The van der Waals surface area contributed by atoms with Crippen LogP contribution in [0.15, 0.2) is 59.1 Å². The van der Waals surface area contributed by atoms with Crippen molar-refractivity contribution in [2.24, 2.45) is 0 Å². The second-order valence-corrected chi connectivity index (χ2v) is 14.1. The van der Waals surface area contributed by atoms with Crippen LogP contribution >= 0.6 is 15.9 Å². The minimum absolute atomic E-state index is 0.0341. The molecule has 5 rings (SSSR count). The smallest absolute Gasteiger partial charge is 0.405 e. The third kappa shape index (κ3) is 8.78. The molecular weight excluding hydrogens is 676 g/mol. The Hall–Kier alpha value is -2.31. The highest BCUT2D eigenvalue weighted by atomic mass is 79.9. The van der Waals surface area contributed by atoms with Gasteiger partial charge in [0.15, 0.2) is 0 Å². The van der Waals surface area contributed by atoms with Gasteiger partial charge in [0.25, 0.3) is 0 Å². The second-order valence-electron chi connectivity index (χ2n) is 13.3. The molecule has 0 amide bonds. The first-order valence-electron chi connectivity index (χ1n) is 14.6. The Morgan fingerprint density at radius 1 is 0.543 bits per heavy atom. The molecule has 2 heterocycles. The first kappa shape index (κ1) is 38.1. The Bertz CT molecular complexity index is 1480. The van der Waals surface area contributed by atoms with E-state index in [1.54, 1.807) is 13.0 Å². The SMILES string of the molecule is CC1(C)OB(B2OC(C)(C)C(C)(C)O2)OC1(C)C.Cc1ccc(F)cc1-c1cc(F)ccc1C(F)(F)F.Cc1ccc(F)cc1Br. The normalized spacial score (nSPS) is 19.2. The maximum atomic E-state index is 13.2. The molecule has 0 N–H and O–H groups in total. The number of hydrogen-bond acceptors (Lipinski definition) is 4. The lowest BCUT2D eigenvalue weighted by Gasteiger charge is -2.32. The molecule has 13 heteroatoms. The zero-order chi connectivity index (χ0) is 35.0. The maximum Gasteiger partial charge on any atom is 0.488 e. The first-order chi connectivity index (χ1) is 20.9. The summed E-state index contributed by atoms with van der Waals surface area (Å²) in [5, 5.41) is 0. The van der Waals surface area contributed by atoms with Crippen LogP contribution in [0.3, 0.4) is 0 Å². The van der Waals surface area contributed by atoms with Crippen LogP contribution in [0.1, 0.15) is 72.1 Å². The van der Waals surface area contributed by atoms with Gasteiger partial charge in [-0.1, -0.05) is 28.1 Å². The molecule has 250 valence electrons. The number of alkyl halides is 3. The van der Waals surface area contributed by atoms with Crippen molar-refractivity contribution in [2.75, 3.05) is 0 Å². The van der Waals surface area contributed by atoms with Gasteiger partial charge in [-0.15, -0.1) is 0 Å². The summed E-state index contributed by atoms with van der Waals surface area (Å²) < 4.78 is 102. The van der Waals surface area contributed by atoms with E-state index in [0.717, 1.165) is 34.3 Å². The Balaban J connectivity index is 0.000000200. The van der Waals surface area contributed by atoms with Crippen molar-refractivity contribution in [3.63, 3.8) is 0 Å². The Labute approximate surface area is 276 Å². The van der Waals surface area contributed by atoms with Crippen molar-refractivity contribution in [3.8, 4) is 11.1 Å². The highest BCUT2D eigenvalue weighted by Crippen LogP contribution is 2.43. The van der Waals surface area contributed by atoms with Crippen LogP contribution in [0.25, 0.3) is 11.1 Å². The van der Waals surface area contributed by atoms with E-state index in [1.807, 2.05) is 62.3 Å². The maximum absolute atomic E-state index is 13.2. The predicted octanol–water partition coefficient (Wildman–Crippen LogP) is 10.1. The third-order valence-corrected chi connectivity index (χ3v) is 9.53. The van der Waals surface area contributed by atoms with Gasteiger partial charge in [-0.2, -0.15) is 13.2 Å². The zero-order valence-electron chi connectivity index (χ0n) is 27.6. The monoisotopic (exact) mass is 714 g/mol. The number of benzene rings is 3. The van der Waals surface area contributed by atoms with Gasteiger partial charge in [0, 0.05) is 4.47 Å². The molecule has 0 spiro atoms. The quantitative estimate of drug-likeness (QED) is 0.196. The van der Waals surface area contributed by atoms with Crippen LogP contribution < -0.4 is 0 Å². The Morgan fingerprint density at radius 3 is 1.26 bits per heavy atom. The molecule has 0 aliphatic carbocycles. The Morgan fingerprint density at radius 2 is 0.891 bits per heavy atom. The minimum Gasteiger partial charge on any atom is -0.405 e. The molecule has 3 aromatic rings. The summed E-state index contributed by atoms with van der Waals surface area (Å²) in [6.07, 6.45) is -4.62. The summed E-state index contributed by atoms with van der Waals surface area (Å²) in [6.45, 7) is 19.7. The van der Waals surface area contributed by atoms with Gasteiger partial charge in [0.05, 0.1) is 28.0 Å². The molecule has 2 saturated heterocycles. The average molecular weight is 715 g/mol. The van der Waals surface area contributed by atoms with Crippen molar-refractivity contribution in [1.29, 1.82) is 0 Å². The van der Waals surface area contributed by atoms with Crippen molar-refractivity contribution in [3.05, 3.63) is 93.2 Å². The number of rotatable bonds is 2. The fraction of sp³-hybridized carbons (Fsp3) is 0.455. The third-order valence-electron chi connectivity index (χ3n) is 8.68. The number of halogens is 7. The number of aryl methyl sites for hydroxylation is 2. The second kappa shape index (κ2) is 13.7. The fourth-order valence-electron chi connectivity index (χ4n) is 4.44. The van der Waals surface area contributed by atoms with Crippen molar-refractivity contribution >= 4 is 29.9 Å².